The summed E-state index contributed by atoms with van der Waals surface area (Å²) in [7, 11) is -10.7. The van der Waals surface area contributed by atoms with Gasteiger partial charge in [-0.15, -0.1) is 5.10 Å². The van der Waals surface area contributed by atoms with Crippen LogP contribution in [0.3, 0.4) is 0 Å². The van der Waals surface area contributed by atoms with Gasteiger partial charge in [-0.3, -0.25) is 13.6 Å². The van der Waals surface area contributed by atoms with Gasteiger partial charge in [0, 0.05) is 0 Å². The Bertz CT molecular complexity index is 1760. The molecule has 10 atom stereocenters. The van der Waals surface area contributed by atoms with Crippen molar-refractivity contribution in [1.82, 2.24) is 34.5 Å². The lowest BCUT2D eigenvalue weighted by atomic mass is 10.1. The van der Waals surface area contributed by atoms with E-state index in [-0.39, 0.29) is 17.0 Å². The Balaban J connectivity index is 1.04. The van der Waals surface area contributed by atoms with Crippen LogP contribution in [0.2, 0.25) is 0 Å². The molecule has 4 aromatic rings. The molecule has 3 aromatic heterocycles. The third kappa shape index (κ3) is 5.86. The van der Waals surface area contributed by atoms with E-state index in [0.29, 0.717) is 11.0 Å². The Morgan fingerprint density at radius 2 is 1.48 bits per heavy atom. The molecule has 44 heavy (non-hydrogen) atoms. The molecule has 6 rings (SSSR count). The number of phosphoric ester groups is 2. The molecule has 0 bridgehead atoms. The molecular formula is C21H26N8O13P2. The van der Waals surface area contributed by atoms with Gasteiger partial charge in [-0.1, -0.05) is 17.3 Å². The number of phosphoric acid groups is 2. The topological polar surface area (TPSA) is 302 Å². The van der Waals surface area contributed by atoms with Crippen LogP contribution in [0.5, 0.6) is 0 Å². The first-order chi connectivity index (χ1) is 20.8. The summed E-state index contributed by atoms with van der Waals surface area (Å²) in [6.07, 6.45) is -9.29. The first kappa shape index (κ1) is 31.0. The second kappa shape index (κ2) is 11.7. The number of hydrogen-bond donors (Lipinski definition) is 7. The molecule has 2 aliphatic rings. The number of anilines is 1. The van der Waals surface area contributed by atoms with Gasteiger partial charge in [-0.2, -0.15) is 4.31 Å². The van der Waals surface area contributed by atoms with Crippen molar-refractivity contribution >= 4 is 43.7 Å². The molecule has 1 aromatic carbocycles. The van der Waals surface area contributed by atoms with Crippen LogP contribution in [0.25, 0.3) is 22.2 Å². The molecule has 0 aliphatic carbocycles. The number of rotatable bonds is 10. The molecule has 2 fully saturated rings. The standard InChI is InChI=1S/C21H26N8O13P2/c22-18-13-19(24-7-23-18)28(8-25-13)20-16(32)14(30)11(40-20)5-38-43(34,35)42-44(36,37)39-6-12-15(31)17(33)21(41-12)29-10-4-2-1-3-9(10)26-27-29/h1-4,7-8,11-12,14-17,20-21,30-33H,5-6H2,(H,34,35)(H,36,37)(H2,22,23,24)/t11-,12-,14-,15-,16-,17-,20-,21-/m1/s1. The molecule has 21 nitrogen and oxygen atoms in total. The van der Waals surface area contributed by atoms with Gasteiger partial charge >= 0.3 is 15.6 Å². The molecule has 5 heterocycles. The zero-order chi connectivity index (χ0) is 31.4. The SMILES string of the molecule is Nc1ncnc2c1ncn2[C@@H]1O[C@H](COP(=O)(O)OP(=O)(O)OC[C@H]2O[C@@H](n3nnc4ccccc43)[C@H](O)[C@@H]2O)[C@@H](O)[C@H]1O. The lowest BCUT2D eigenvalue weighted by molar-refractivity contribution is -0.0573. The third-order valence-corrected chi connectivity index (χ3v) is 9.57. The average Bonchev–Trinajstić information content (AvgIpc) is 3.73. The van der Waals surface area contributed by atoms with Gasteiger partial charge in [-0.05, 0) is 12.1 Å². The van der Waals surface area contributed by atoms with Crippen LogP contribution in [0.4, 0.5) is 5.82 Å². The van der Waals surface area contributed by atoms with Crippen molar-refractivity contribution < 1.29 is 62.2 Å². The summed E-state index contributed by atoms with van der Waals surface area (Å²) in [5.74, 6) is 0.0597. The van der Waals surface area contributed by atoms with Crippen molar-refractivity contribution in [3.63, 3.8) is 0 Å². The number of nitrogens with two attached hydrogens (primary N) is 1. The Morgan fingerprint density at radius 3 is 2.16 bits per heavy atom. The molecule has 0 spiro atoms. The fourth-order valence-electron chi connectivity index (χ4n) is 4.81. The number of nitrogens with zero attached hydrogens (tertiary/aromatic N) is 7. The van der Waals surface area contributed by atoms with Gasteiger partial charge in [0.1, 0.15) is 54.0 Å². The van der Waals surface area contributed by atoms with Crippen molar-refractivity contribution in [3.05, 3.63) is 36.9 Å². The number of benzene rings is 1. The van der Waals surface area contributed by atoms with E-state index in [9.17, 15) is 39.3 Å². The summed E-state index contributed by atoms with van der Waals surface area (Å²) < 4.78 is 52.3. The quantitative estimate of drug-likeness (QED) is 0.0936. The molecule has 2 unspecified atom stereocenters. The predicted molar refractivity (Wildman–Crippen MR) is 142 cm³/mol. The minimum atomic E-state index is -5.35. The van der Waals surface area contributed by atoms with Crippen LogP contribution < -0.4 is 5.73 Å². The number of aromatic nitrogens is 7. The first-order valence-electron chi connectivity index (χ1n) is 12.8. The zero-order valence-corrected chi connectivity index (χ0v) is 23.9. The number of fused-ring (bicyclic) bond motifs is 2. The Labute approximate surface area is 245 Å². The number of para-hydroxylation sites is 1. The summed E-state index contributed by atoms with van der Waals surface area (Å²) in [4.78, 5) is 32.0. The summed E-state index contributed by atoms with van der Waals surface area (Å²) in [6, 6.07) is 6.74. The minimum absolute atomic E-state index is 0.0597. The van der Waals surface area contributed by atoms with Crippen LogP contribution in [-0.2, 0) is 32.0 Å². The second-order valence-corrected chi connectivity index (χ2v) is 12.9. The highest BCUT2D eigenvalue weighted by Crippen LogP contribution is 2.60. The lowest BCUT2D eigenvalue weighted by Crippen LogP contribution is -2.34. The van der Waals surface area contributed by atoms with Crippen molar-refractivity contribution in [2.45, 2.75) is 49.1 Å². The van der Waals surface area contributed by atoms with Crippen molar-refractivity contribution in [2.24, 2.45) is 0 Å². The van der Waals surface area contributed by atoms with Crippen molar-refractivity contribution in [3.8, 4) is 0 Å². The Hall–Kier alpha value is -3.01. The van der Waals surface area contributed by atoms with Crippen LogP contribution in [0.15, 0.2) is 36.9 Å². The van der Waals surface area contributed by atoms with Gasteiger partial charge in [-0.25, -0.2) is 28.8 Å². The molecule has 2 aliphatic heterocycles. The highest BCUT2D eigenvalue weighted by Gasteiger charge is 2.48. The summed E-state index contributed by atoms with van der Waals surface area (Å²) >= 11 is 0. The summed E-state index contributed by atoms with van der Waals surface area (Å²) in [5, 5.41) is 49.7. The fraction of sp³-hybridized carbons (Fsp3) is 0.476. The molecule has 23 heteroatoms. The van der Waals surface area contributed by atoms with Gasteiger partial charge in [0.25, 0.3) is 0 Å². The van der Waals surface area contributed by atoms with E-state index in [1.165, 1.54) is 15.6 Å². The van der Waals surface area contributed by atoms with E-state index in [1.807, 2.05) is 0 Å². The van der Waals surface area contributed by atoms with Crippen LogP contribution in [0, 0.1) is 0 Å². The highest BCUT2D eigenvalue weighted by atomic mass is 31.3. The third-order valence-electron chi connectivity index (χ3n) is 6.96. The number of aliphatic hydroxyl groups excluding tert-OH is 4. The monoisotopic (exact) mass is 660 g/mol. The minimum Gasteiger partial charge on any atom is -0.387 e. The fourth-order valence-corrected chi connectivity index (χ4v) is 6.90. The van der Waals surface area contributed by atoms with E-state index in [4.69, 9.17) is 24.3 Å². The first-order valence-corrected chi connectivity index (χ1v) is 15.8. The highest BCUT2D eigenvalue weighted by molar-refractivity contribution is 7.61. The largest absolute Gasteiger partial charge is 0.481 e. The van der Waals surface area contributed by atoms with Gasteiger partial charge in [0.15, 0.2) is 23.9 Å². The van der Waals surface area contributed by atoms with Crippen molar-refractivity contribution in [2.75, 3.05) is 18.9 Å². The Morgan fingerprint density at radius 1 is 0.864 bits per heavy atom. The molecule has 238 valence electrons. The normalized spacial score (nSPS) is 31.9. The summed E-state index contributed by atoms with van der Waals surface area (Å²) in [6.45, 7) is -1.74. The maximum absolute atomic E-state index is 12.5. The maximum atomic E-state index is 12.5. The van der Waals surface area contributed by atoms with Crippen molar-refractivity contribution in [1.29, 1.82) is 0 Å². The van der Waals surface area contributed by atoms with E-state index < -0.39 is 77.9 Å². The molecular weight excluding hydrogens is 634 g/mol. The number of hydrogen-bond acceptors (Lipinski definition) is 17. The number of imidazole rings is 1. The second-order valence-electron chi connectivity index (χ2n) is 9.81. The summed E-state index contributed by atoms with van der Waals surface area (Å²) in [5.41, 5.74) is 7.10. The average molecular weight is 660 g/mol. The van der Waals surface area contributed by atoms with Gasteiger partial charge in [0.2, 0.25) is 0 Å². The lowest BCUT2D eigenvalue weighted by Gasteiger charge is -2.20. The molecule has 0 amide bonds. The number of nitrogen functional groups attached to an aromatic ring is 1. The van der Waals surface area contributed by atoms with E-state index in [0.717, 1.165) is 6.33 Å². The molecule has 2 saturated heterocycles. The van der Waals surface area contributed by atoms with Crippen LogP contribution in [0.1, 0.15) is 12.5 Å². The number of aliphatic hydroxyl groups is 4. The smallest absolute Gasteiger partial charge is 0.387 e. The molecule has 0 saturated carbocycles. The zero-order valence-electron chi connectivity index (χ0n) is 22.1. The molecule has 0 radical (unpaired) electrons. The molecule has 8 N–H and O–H groups in total. The van der Waals surface area contributed by atoms with Gasteiger partial charge in [0.05, 0.1) is 25.1 Å². The predicted octanol–water partition coefficient (Wildman–Crippen LogP) is -1.66. The van der Waals surface area contributed by atoms with E-state index >= 15 is 0 Å². The Kier molecular flexibility index (Phi) is 8.26. The van der Waals surface area contributed by atoms with E-state index in [1.54, 1.807) is 24.3 Å². The number of ether oxygens (including phenoxy) is 2. The van der Waals surface area contributed by atoms with Gasteiger partial charge < -0.3 is 45.4 Å². The van der Waals surface area contributed by atoms with E-state index in [2.05, 4.69) is 29.6 Å². The van der Waals surface area contributed by atoms with Crippen LogP contribution in [-0.4, -0.2) is 115 Å². The van der Waals surface area contributed by atoms with Crippen LogP contribution >= 0.6 is 15.6 Å². The maximum Gasteiger partial charge on any atom is 0.481 e.